The van der Waals surface area contributed by atoms with Crippen molar-refractivity contribution in [3.05, 3.63) is 29.3 Å². The number of aryl methyl sites for hydroxylation is 2. The summed E-state index contributed by atoms with van der Waals surface area (Å²) in [6, 6.07) is 5.48. The Morgan fingerprint density at radius 1 is 1.33 bits per heavy atom. The van der Waals surface area contributed by atoms with Crippen LogP contribution < -0.4 is 0 Å². The molecule has 0 aliphatic rings. The number of carboxylic acid groups (broad SMARTS) is 1. The minimum atomic E-state index is -0.761. The van der Waals surface area contributed by atoms with Crippen LogP contribution in [0, 0.1) is 6.92 Å². The van der Waals surface area contributed by atoms with Crippen LogP contribution in [0.4, 0.5) is 0 Å². The number of phenols is 1. The molecule has 1 rings (SSSR count). The zero-order chi connectivity index (χ0) is 11.3. The second kappa shape index (κ2) is 5.39. The number of aromatic hydroxyl groups is 1. The van der Waals surface area contributed by atoms with Gasteiger partial charge in [0.25, 0.3) is 0 Å². The molecule has 0 bridgehead atoms. The lowest BCUT2D eigenvalue weighted by atomic mass is 10.0. The van der Waals surface area contributed by atoms with Crippen molar-refractivity contribution in [3.8, 4) is 5.75 Å². The fraction of sp³-hybridized carbons (Fsp3) is 0.417. The summed E-state index contributed by atoms with van der Waals surface area (Å²) in [4.78, 5) is 10.3. The van der Waals surface area contributed by atoms with Gasteiger partial charge in [-0.25, -0.2) is 0 Å². The molecule has 2 N–H and O–H groups in total. The van der Waals surface area contributed by atoms with E-state index in [4.69, 9.17) is 5.11 Å². The molecule has 0 unspecified atom stereocenters. The van der Waals surface area contributed by atoms with Crippen LogP contribution in [0.15, 0.2) is 18.2 Å². The highest BCUT2D eigenvalue weighted by Crippen LogP contribution is 2.20. The Morgan fingerprint density at radius 2 is 2.07 bits per heavy atom. The van der Waals surface area contributed by atoms with Crippen LogP contribution in [-0.2, 0) is 11.2 Å². The average Bonchev–Trinajstić information content (AvgIpc) is 2.17. The molecule has 3 nitrogen and oxygen atoms in total. The Kier molecular flexibility index (Phi) is 4.16. The second-order valence-electron chi connectivity index (χ2n) is 3.73. The molecule has 82 valence electrons. The summed E-state index contributed by atoms with van der Waals surface area (Å²) in [6.45, 7) is 1.97. The monoisotopic (exact) mass is 208 g/mol. The first kappa shape index (κ1) is 11.6. The van der Waals surface area contributed by atoms with Crippen LogP contribution in [0.2, 0.25) is 0 Å². The molecule has 3 heteroatoms. The van der Waals surface area contributed by atoms with Crippen LogP contribution in [0.5, 0.6) is 5.75 Å². The number of carboxylic acids is 1. The predicted molar refractivity (Wildman–Crippen MR) is 58.0 cm³/mol. The van der Waals surface area contributed by atoms with E-state index >= 15 is 0 Å². The van der Waals surface area contributed by atoms with Crippen molar-refractivity contribution < 1.29 is 15.0 Å². The zero-order valence-electron chi connectivity index (χ0n) is 8.86. The third kappa shape index (κ3) is 4.02. The fourth-order valence-electron chi connectivity index (χ4n) is 1.51. The molecule has 15 heavy (non-hydrogen) atoms. The molecule has 0 radical (unpaired) electrons. The summed E-state index contributed by atoms with van der Waals surface area (Å²) < 4.78 is 0. The number of phenolic OH excluding ortho intramolecular Hbond substituents is 1. The molecule has 0 saturated carbocycles. The molecule has 0 spiro atoms. The van der Waals surface area contributed by atoms with Crippen molar-refractivity contribution in [2.45, 2.75) is 32.6 Å². The standard InChI is InChI=1S/C12H16O3/c1-9-6-7-11(13)10(8-9)4-2-3-5-12(14)15/h6-8,13H,2-5H2,1H3,(H,14,15). The number of aliphatic carboxylic acids is 1. The topological polar surface area (TPSA) is 57.5 Å². The Labute approximate surface area is 89.4 Å². The highest BCUT2D eigenvalue weighted by Gasteiger charge is 2.02. The van der Waals surface area contributed by atoms with E-state index in [1.807, 2.05) is 19.1 Å². The van der Waals surface area contributed by atoms with Gasteiger partial charge in [-0.2, -0.15) is 0 Å². The number of hydrogen-bond donors (Lipinski definition) is 2. The number of benzene rings is 1. The molecular weight excluding hydrogens is 192 g/mol. The minimum absolute atomic E-state index is 0.201. The summed E-state index contributed by atoms with van der Waals surface area (Å²) in [5.41, 5.74) is 2.02. The van der Waals surface area contributed by atoms with Crippen molar-refractivity contribution in [3.63, 3.8) is 0 Å². The Bertz CT molecular complexity index is 345. The first-order chi connectivity index (χ1) is 7.09. The van der Waals surface area contributed by atoms with Gasteiger partial charge >= 0.3 is 5.97 Å². The van der Waals surface area contributed by atoms with Crippen molar-refractivity contribution >= 4 is 5.97 Å². The molecule has 0 fully saturated rings. The van der Waals surface area contributed by atoms with Gasteiger partial charge in [0, 0.05) is 6.42 Å². The van der Waals surface area contributed by atoms with E-state index in [0.717, 1.165) is 24.0 Å². The van der Waals surface area contributed by atoms with Crippen molar-refractivity contribution in [2.24, 2.45) is 0 Å². The molecule has 0 atom stereocenters. The smallest absolute Gasteiger partial charge is 0.303 e. The van der Waals surface area contributed by atoms with E-state index in [2.05, 4.69) is 0 Å². The second-order valence-corrected chi connectivity index (χ2v) is 3.73. The van der Waals surface area contributed by atoms with Gasteiger partial charge in [0.05, 0.1) is 0 Å². The largest absolute Gasteiger partial charge is 0.508 e. The normalized spacial score (nSPS) is 10.2. The summed E-state index contributed by atoms with van der Waals surface area (Å²) in [7, 11) is 0. The molecule has 0 aromatic heterocycles. The summed E-state index contributed by atoms with van der Waals surface area (Å²) in [5.74, 6) is -0.459. The highest BCUT2D eigenvalue weighted by molar-refractivity contribution is 5.66. The molecule has 0 aliphatic carbocycles. The summed E-state index contributed by atoms with van der Waals surface area (Å²) in [5, 5.41) is 18.0. The number of rotatable bonds is 5. The van der Waals surface area contributed by atoms with Crippen molar-refractivity contribution in [1.82, 2.24) is 0 Å². The lowest BCUT2D eigenvalue weighted by molar-refractivity contribution is -0.137. The van der Waals surface area contributed by atoms with Gasteiger partial charge in [0.1, 0.15) is 5.75 Å². The van der Waals surface area contributed by atoms with Crippen LogP contribution in [0.25, 0.3) is 0 Å². The molecule has 1 aromatic rings. The van der Waals surface area contributed by atoms with Crippen molar-refractivity contribution in [2.75, 3.05) is 0 Å². The van der Waals surface area contributed by atoms with Gasteiger partial charge in [0.2, 0.25) is 0 Å². The van der Waals surface area contributed by atoms with E-state index in [-0.39, 0.29) is 6.42 Å². The van der Waals surface area contributed by atoms with Crippen LogP contribution >= 0.6 is 0 Å². The van der Waals surface area contributed by atoms with Gasteiger partial charge in [-0.05, 0) is 37.8 Å². The lowest BCUT2D eigenvalue weighted by Crippen LogP contribution is -1.95. The molecular formula is C12H16O3. The molecule has 0 saturated heterocycles. The van der Waals surface area contributed by atoms with Gasteiger partial charge in [-0.3, -0.25) is 4.79 Å². The third-order valence-electron chi connectivity index (χ3n) is 2.32. The van der Waals surface area contributed by atoms with Crippen LogP contribution in [0.3, 0.4) is 0 Å². The van der Waals surface area contributed by atoms with E-state index in [9.17, 15) is 9.90 Å². The summed E-state index contributed by atoms with van der Waals surface area (Å²) >= 11 is 0. The van der Waals surface area contributed by atoms with E-state index < -0.39 is 5.97 Å². The van der Waals surface area contributed by atoms with Crippen LogP contribution in [0.1, 0.15) is 30.4 Å². The molecule has 1 aromatic carbocycles. The third-order valence-corrected chi connectivity index (χ3v) is 2.32. The maximum absolute atomic E-state index is 10.3. The van der Waals surface area contributed by atoms with Crippen molar-refractivity contribution in [1.29, 1.82) is 0 Å². The highest BCUT2D eigenvalue weighted by atomic mass is 16.4. The van der Waals surface area contributed by atoms with E-state index in [1.165, 1.54) is 0 Å². The first-order valence-electron chi connectivity index (χ1n) is 5.10. The lowest BCUT2D eigenvalue weighted by Gasteiger charge is -2.04. The first-order valence-corrected chi connectivity index (χ1v) is 5.10. The van der Waals surface area contributed by atoms with E-state index in [0.29, 0.717) is 12.2 Å². The van der Waals surface area contributed by atoms with E-state index in [1.54, 1.807) is 6.07 Å². The maximum atomic E-state index is 10.3. The molecule has 0 heterocycles. The Hall–Kier alpha value is -1.51. The van der Waals surface area contributed by atoms with Gasteiger partial charge in [-0.15, -0.1) is 0 Å². The van der Waals surface area contributed by atoms with Crippen LogP contribution in [-0.4, -0.2) is 16.2 Å². The van der Waals surface area contributed by atoms with Gasteiger partial charge in [-0.1, -0.05) is 17.7 Å². The number of hydrogen-bond acceptors (Lipinski definition) is 2. The number of carbonyl (C=O) groups is 1. The molecule has 0 amide bonds. The Balaban J connectivity index is 2.43. The van der Waals surface area contributed by atoms with Gasteiger partial charge in [0.15, 0.2) is 0 Å². The average molecular weight is 208 g/mol. The SMILES string of the molecule is Cc1ccc(O)c(CCCCC(=O)O)c1. The fourth-order valence-corrected chi connectivity index (χ4v) is 1.51. The zero-order valence-corrected chi connectivity index (χ0v) is 8.86. The quantitative estimate of drug-likeness (QED) is 0.731. The summed E-state index contributed by atoms with van der Waals surface area (Å²) in [6.07, 6.45) is 2.39. The van der Waals surface area contributed by atoms with Gasteiger partial charge < -0.3 is 10.2 Å². The number of unbranched alkanes of at least 4 members (excludes halogenated alkanes) is 1. The minimum Gasteiger partial charge on any atom is -0.508 e. The Morgan fingerprint density at radius 3 is 2.73 bits per heavy atom. The predicted octanol–water partition coefficient (Wildman–Crippen LogP) is 2.50. The molecule has 0 aliphatic heterocycles. The maximum Gasteiger partial charge on any atom is 0.303 e.